The standard InChI is InChI=1S/C17H21N3O2/c1-3-15(21)20-9-7-13(8-10-20)17-18-16(19-22-17)14-6-4-5-12(2)11-14/h4-6,11,13H,3,7-10H2,1-2H3. The van der Waals surface area contributed by atoms with Gasteiger partial charge < -0.3 is 9.42 Å². The van der Waals surface area contributed by atoms with E-state index in [1.54, 1.807) is 0 Å². The normalized spacial score (nSPS) is 16.0. The number of amides is 1. The van der Waals surface area contributed by atoms with Crippen LogP contribution in [-0.2, 0) is 4.79 Å². The summed E-state index contributed by atoms with van der Waals surface area (Å²) in [7, 11) is 0. The molecule has 0 unspecified atom stereocenters. The Labute approximate surface area is 130 Å². The van der Waals surface area contributed by atoms with Gasteiger partial charge in [-0.1, -0.05) is 35.8 Å². The summed E-state index contributed by atoms with van der Waals surface area (Å²) < 4.78 is 5.46. The minimum absolute atomic E-state index is 0.226. The van der Waals surface area contributed by atoms with Crippen molar-refractivity contribution in [1.29, 1.82) is 0 Å². The molecule has 1 amide bonds. The van der Waals surface area contributed by atoms with Crippen molar-refractivity contribution in [2.45, 2.75) is 39.0 Å². The molecule has 1 aliphatic rings. The van der Waals surface area contributed by atoms with Crippen molar-refractivity contribution >= 4 is 5.91 Å². The smallest absolute Gasteiger partial charge is 0.230 e. The molecule has 1 aromatic carbocycles. The van der Waals surface area contributed by atoms with Gasteiger partial charge in [-0.05, 0) is 25.8 Å². The van der Waals surface area contributed by atoms with Crippen LogP contribution in [0.1, 0.15) is 43.6 Å². The van der Waals surface area contributed by atoms with E-state index >= 15 is 0 Å². The first-order valence-electron chi connectivity index (χ1n) is 7.85. The fourth-order valence-corrected chi connectivity index (χ4v) is 2.90. The number of hydrogen-bond acceptors (Lipinski definition) is 4. The third-order valence-corrected chi connectivity index (χ3v) is 4.22. The van der Waals surface area contributed by atoms with Crippen LogP contribution in [0.4, 0.5) is 0 Å². The van der Waals surface area contributed by atoms with Crippen molar-refractivity contribution in [1.82, 2.24) is 15.0 Å². The van der Waals surface area contributed by atoms with Crippen LogP contribution in [0.3, 0.4) is 0 Å². The molecule has 22 heavy (non-hydrogen) atoms. The van der Waals surface area contributed by atoms with Gasteiger partial charge in [0.05, 0.1) is 0 Å². The zero-order valence-corrected chi connectivity index (χ0v) is 13.1. The first-order chi connectivity index (χ1) is 10.7. The quantitative estimate of drug-likeness (QED) is 0.873. The van der Waals surface area contributed by atoms with Crippen LogP contribution < -0.4 is 0 Å². The highest BCUT2D eigenvalue weighted by molar-refractivity contribution is 5.75. The van der Waals surface area contributed by atoms with E-state index in [9.17, 15) is 4.79 Å². The van der Waals surface area contributed by atoms with Crippen LogP contribution in [0.2, 0.25) is 0 Å². The van der Waals surface area contributed by atoms with Gasteiger partial charge in [0.1, 0.15) is 0 Å². The summed E-state index contributed by atoms with van der Waals surface area (Å²) in [5.41, 5.74) is 2.16. The average Bonchev–Trinajstić information content (AvgIpc) is 3.04. The van der Waals surface area contributed by atoms with Gasteiger partial charge in [0.25, 0.3) is 0 Å². The fraction of sp³-hybridized carbons (Fsp3) is 0.471. The summed E-state index contributed by atoms with van der Waals surface area (Å²) in [6.07, 6.45) is 2.35. The maximum absolute atomic E-state index is 11.7. The van der Waals surface area contributed by atoms with Gasteiger partial charge in [-0.15, -0.1) is 0 Å². The molecule has 2 aromatic rings. The van der Waals surface area contributed by atoms with Crippen molar-refractivity contribution in [3.63, 3.8) is 0 Å². The third-order valence-electron chi connectivity index (χ3n) is 4.22. The van der Waals surface area contributed by atoms with E-state index in [-0.39, 0.29) is 11.8 Å². The van der Waals surface area contributed by atoms with Crippen LogP contribution in [-0.4, -0.2) is 34.0 Å². The fourth-order valence-electron chi connectivity index (χ4n) is 2.90. The molecule has 1 fully saturated rings. The molecule has 3 rings (SSSR count). The molecule has 5 heteroatoms. The first-order valence-corrected chi connectivity index (χ1v) is 7.85. The Morgan fingerprint density at radius 2 is 2.14 bits per heavy atom. The Morgan fingerprint density at radius 1 is 1.36 bits per heavy atom. The molecule has 0 atom stereocenters. The van der Waals surface area contributed by atoms with Gasteiger partial charge >= 0.3 is 0 Å². The molecule has 116 valence electrons. The number of aromatic nitrogens is 2. The zero-order chi connectivity index (χ0) is 15.5. The zero-order valence-electron chi connectivity index (χ0n) is 13.1. The molecular formula is C17H21N3O2. The Balaban J connectivity index is 1.69. The van der Waals surface area contributed by atoms with Gasteiger partial charge in [0.15, 0.2) is 0 Å². The van der Waals surface area contributed by atoms with Gasteiger partial charge in [-0.25, -0.2) is 0 Å². The predicted molar refractivity (Wildman–Crippen MR) is 83.3 cm³/mol. The highest BCUT2D eigenvalue weighted by Crippen LogP contribution is 2.28. The molecule has 0 saturated carbocycles. The summed E-state index contributed by atoms with van der Waals surface area (Å²) in [5.74, 6) is 1.82. The molecule has 0 aliphatic carbocycles. The number of aryl methyl sites for hydroxylation is 1. The maximum Gasteiger partial charge on any atom is 0.230 e. The van der Waals surface area contributed by atoms with E-state index in [1.165, 1.54) is 5.56 Å². The SMILES string of the molecule is CCC(=O)N1CCC(c2nc(-c3cccc(C)c3)no2)CC1. The summed E-state index contributed by atoms with van der Waals surface area (Å²) in [5, 5.41) is 4.11. The first kappa shape index (κ1) is 14.8. The van der Waals surface area contributed by atoms with Crippen LogP contribution >= 0.6 is 0 Å². The second-order valence-electron chi connectivity index (χ2n) is 5.83. The van der Waals surface area contributed by atoms with Crippen LogP contribution in [0, 0.1) is 6.92 Å². The van der Waals surface area contributed by atoms with Crippen molar-refractivity contribution in [2.75, 3.05) is 13.1 Å². The highest BCUT2D eigenvalue weighted by atomic mass is 16.5. The Kier molecular flexibility index (Phi) is 4.22. The van der Waals surface area contributed by atoms with Crippen molar-refractivity contribution in [3.05, 3.63) is 35.7 Å². The van der Waals surface area contributed by atoms with E-state index < -0.39 is 0 Å². The lowest BCUT2D eigenvalue weighted by molar-refractivity contribution is -0.131. The number of piperidine rings is 1. The van der Waals surface area contributed by atoms with Gasteiger partial charge in [-0.2, -0.15) is 4.98 Å². The number of hydrogen-bond donors (Lipinski definition) is 0. The molecule has 0 spiro atoms. The number of carbonyl (C=O) groups is 1. The summed E-state index contributed by atoms with van der Waals surface area (Å²) in [6.45, 7) is 5.50. The van der Waals surface area contributed by atoms with E-state index in [1.807, 2.05) is 36.9 Å². The minimum Gasteiger partial charge on any atom is -0.343 e. The summed E-state index contributed by atoms with van der Waals surface area (Å²) in [4.78, 5) is 18.2. The topological polar surface area (TPSA) is 59.2 Å². The molecule has 0 bridgehead atoms. The second-order valence-corrected chi connectivity index (χ2v) is 5.83. The lowest BCUT2D eigenvalue weighted by Gasteiger charge is -2.30. The minimum atomic E-state index is 0.226. The van der Waals surface area contributed by atoms with E-state index in [4.69, 9.17) is 4.52 Å². The maximum atomic E-state index is 11.7. The van der Waals surface area contributed by atoms with Crippen molar-refractivity contribution in [3.8, 4) is 11.4 Å². The van der Waals surface area contributed by atoms with Crippen LogP contribution in [0.25, 0.3) is 11.4 Å². The number of carbonyl (C=O) groups excluding carboxylic acids is 1. The lowest BCUT2D eigenvalue weighted by Crippen LogP contribution is -2.37. The largest absolute Gasteiger partial charge is 0.343 e. The number of likely N-dealkylation sites (tertiary alicyclic amines) is 1. The number of rotatable bonds is 3. The monoisotopic (exact) mass is 299 g/mol. The van der Waals surface area contributed by atoms with Gasteiger partial charge in [-0.3, -0.25) is 4.79 Å². The van der Waals surface area contributed by atoms with Crippen molar-refractivity contribution < 1.29 is 9.32 Å². The van der Waals surface area contributed by atoms with E-state index in [0.717, 1.165) is 31.5 Å². The molecule has 1 saturated heterocycles. The Bertz CT molecular complexity index is 657. The van der Waals surface area contributed by atoms with Gasteiger partial charge in [0, 0.05) is 31.0 Å². The Hall–Kier alpha value is -2.17. The summed E-state index contributed by atoms with van der Waals surface area (Å²) >= 11 is 0. The molecule has 1 aliphatic heterocycles. The van der Waals surface area contributed by atoms with Crippen LogP contribution in [0.15, 0.2) is 28.8 Å². The molecule has 0 radical (unpaired) electrons. The van der Waals surface area contributed by atoms with Gasteiger partial charge in [0.2, 0.25) is 17.6 Å². The third kappa shape index (κ3) is 3.03. The lowest BCUT2D eigenvalue weighted by atomic mass is 9.96. The van der Waals surface area contributed by atoms with E-state index in [2.05, 4.69) is 16.2 Å². The Morgan fingerprint density at radius 3 is 2.82 bits per heavy atom. The average molecular weight is 299 g/mol. The van der Waals surface area contributed by atoms with E-state index in [0.29, 0.717) is 18.1 Å². The highest BCUT2D eigenvalue weighted by Gasteiger charge is 2.27. The second kappa shape index (κ2) is 6.30. The molecular weight excluding hydrogens is 278 g/mol. The van der Waals surface area contributed by atoms with Crippen LogP contribution in [0.5, 0.6) is 0 Å². The number of nitrogens with zero attached hydrogens (tertiary/aromatic N) is 3. The summed E-state index contributed by atoms with van der Waals surface area (Å²) in [6, 6.07) is 8.09. The number of benzene rings is 1. The molecule has 2 heterocycles. The predicted octanol–water partition coefficient (Wildman–Crippen LogP) is 3.16. The molecule has 5 nitrogen and oxygen atoms in total. The molecule has 0 N–H and O–H groups in total. The van der Waals surface area contributed by atoms with Crippen molar-refractivity contribution in [2.24, 2.45) is 0 Å². The molecule has 1 aromatic heterocycles.